The van der Waals surface area contributed by atoms with E-state index >= 15 is 0 Å². The van der Waals surface area contributed by atoms with Gasteiger partial charge in [-0.15, -0.1) is 36.2 Å². The van der Waals surface area contributed by atoms with Gasteiger partial charge < -0.3 is 10.1 Å². The van der Waals surface area contributed by atoms with Gasteiger partial charge in [-0.25, -0.2) is 0 Å². The molecule has 27 heavy (non-hydrogen) atoms. The van der Waals surface area contributed by atoms with Crippen molar-refractivity contribution < 1.29 is 4.74 Å². The summed E-state index contributed by atoms with van der Waals surface area (Å²) in [6.07, 6.45) is 0. The van der Waals surface area contributed by atoms with Crippen molar-refractivity contribution in [1.82, 2.24) is 10.2 Å². The molecule has 1 atom stereocenters. The van der Waals surface area contributed by atoms with Crippen molar-refractivity contribution in [2.75, 3.05) is 26.2 Å². The highest BCUT2D eigenvalue weighted by Gasteiger charge is 2.25. The second kappa shape index (κ2) is 10.7. The minimum Gasteiger partial charge on any atom is -0.457 e. The van der Waals surface area contributed by atoms with Gasteiger partial charge in [-0.1, -0.05) is 36.4 Å². The van der Waals surface area contributed by atoms with E-state index in [2.05, 4.69) is 45.9 Å². The highest BCUT2D eigenvalue weighted by molar-refractivity contribution is 7.10. The van der Waals surface area contributed by atoms with Crippen molar-refractivity contribution in [2.24, 2.45) is 0 Å². The third-order valence-electron chi connectivity index (χ3n) is 4.48. The van der Waals surface area contributed by atoms with Crippen molar-refractivity contribution in [1.29, 1.82) is 0 Å². The number of ether oxygens (including phenoxy) is 1. The average Bonchev–Trinajstić information content (AvgIpc) is 3.18. The smallest absolute Gasteiger partial charge is 0.127 e. The van der Waals surface area contributed by atoms with Gasteiger partial charge in [-0.05, 0) is 41.3 Å². The lowest BCUT2D eigenvalue weighted by atomic mass is 10.0. The molecule has 6 heteroatoms. The number of halogens is 2. The predicted octanol–water partition coefficient (Wildman–Crippen LogP) is 5.38. The first-order valence-corrected chi connectivity index (χ1v) is 9.59. The van der Waals surface area contributed by atoms with Gasteiger partial charge in [0.2, 0.25) is 0 Å². The fourth-order valence-corrected chi connectivity index (χ4v) is 4.20. The van der Waals surface area contributed by atoms with Crippen LogP contribution in [0.2, 0.25) is 0 Å². The van der Waals surface area contributed by atoms with Crippen LogP contribution in [0.25, 0.3) is 0 Å². The molecule has 0 spiro atoms. The summed E-state index contributed by atoms with van der Waals surface area (Å²) < 4.78 is 6.05. The zero-order valence-corrected chi connectivity index (χ0v) is 17.4. The van der Waals surface area contributed by atoms with E-state index < -0.39 is 0 Å². The van der Waals surface area contributed by atoms with Crippen molar-refractivity contribution in [3.8, 4) is 11.5 Å². The quantitative estimate of drug-likeness (QED) is 0.597. The van der Waals surface area contributed by atoms with E-state index in [1.54, 1.807) is 0 Å². The summed E-state index contributed by atoms with van der Waals surface area (Å²) in [4.78, 5) is 3.95. The molecule has 1 aliphatic rings. The number of thiophene rings is 1. The number of benzene rings is 2. The fourth-order valence-electron chi connectivity index (χ4n) is 3.31. The molecule has 0 aliphatic carbocycles. The maximum Gasteiger partial charge on any atom is 0.127 e. The number of nitrogens with one attached hydrogen (secondary N) is 1. The van der Waals surface area contributed by atoms with E-state index in [-0.39, 0.29) is 24.8 Å². The number of nitrogens with zero attached hydrogens (tertiary/aromatic N) is 1. The lowest BCUT2D eigenvalue weighted by molar-refractivity contribution is 0.200. The molecule has 1 fully saturated rings. The van der Waals surface area contributed by atoms with Crippen LogP contribution in [0, 0.1) is 0 Å². The van der Waals surface area contributed by atoms with Crippen LogP contribution >= 0.6 is 36.2 Å². The molecule has 4 rings (SSSR count). The summed E-state index contributed by atoms with van der Waals surface area (Å²) in [5, 5.41) is 5.61. The number of para-hydroxylation sites is 1. The second-order valence-electron chi connectivity index (χ2n) is 6.19. The first-order chi connectivity index (χ1) is 12.4. The highest BCUT2D eigenvalue weighted by Crippen LogP contribution is 2.34. The minimum atomic E-state index is 0. The Morgan fingerprint density at radius 2 is 1.59 bits per heavy atom. The van der Waals surface area contributed by atoms with E-state index in [4.69, 9.17) is 4.74 Å². The number of hydrogen-bond donors (Lipinski definition) is 1. The Kier molecular flexibility index (Phi) is 8.61. The number of hydrogen-bond acceptors (Lipinski definition) is 4. The molecule has 1 saturated heterocycles. The highest BCUT2D eigenvalue weighted by atomic mass is 35.5. The summed E-state index contributed by atoms with van der Waals surface area (Å²) in [5.41, 5.74) is 1.29. The lowest BCUT2D eigenvalue weighted by Crippen LogP contribution is -2.45. The Bertz CT molecular complexity index is 793. The van der Waals surface area contributed by atoms with Crippen LogP contribution in [0.4, 0.5) is 0 Å². The van der Waals surface area contributed by atoms with E-state index in [1.165, 1.54) is 10.4 Å². The average molecular weight is 423 g/mol. The molecule has 2 aromatic carbocycles. The molecule has 3 aromatic rings. The number of piperazine rings is 1. The van der Waals surface area contributed by atoms with Gasteiger partial charge in [0.15, 0.2) is 0 Å². The van der Waals surface area contributed by atoms with Gasteiger partial charge >= 0.3 is 0 Å². The molecular weight excluding hydrogens is 399 g/mol. The van der Waals surface area contributed by atoms with Gasteiger partial charge in [0, 0.05) is 31.1 Å². The predicted molar refractivity (Wildman–Crippen MR) is 118 cm³/mol. The molecule has 0 unspecified atom stereocenters. The van der Waals surface area contributed by atoms with Crippen LogP contribution in [-0.2, 0) is 0 Å². The molecule has 0 bridgehead atoms. The van der Waals surface area contributed by atoms with Crippen LogP contribution in [0.5, 0.6) is 11.5 Å². The zero-order chi connectivity index (χ0) is 16.9. The maximum atomic E-state index is 6.05. The van der Waals surface area contributed by atoms with Crippen molar-refractivity contribution >= 4 is 36.2 Å². The Balaban J connectivity index is 0.00000131. The normalized spacial score (nSPS) is 15.3. The maximum absolute atomic E-state index is 6.05. The van der Waals surface area contributed by atoms with Crippen LogP contribution in [0.1, 0.15) is 16.5 Å². The molecule has 0 saturated carbocycles. The molecule has 0 radical (unpaired) electrons. The van der Waals surface area contributed by atoms with Crippen LogP contribution in [0.15, 0.2) is 72.1 Å². The van der Waals surface area contributed by atoms with E-state index in [9.17, 15) is 0 Å². The molecule has 0 amide bonds. The van der Waals surface area contributed by atoms with Crippen LogP contribution < -0.4 is 10.1 Å². The van der Waals surface area contributed by atoms with Crippen molar-refractivity contribution in [2.45, 2.75) is 6.04 Å². The van der Waals surface area contributed by atoms with Crippen molar-refractivity contribution in [3.05, 3.63) is 82.6 Å². The van der Waals surface area contributed by atoms with E-state index in [0.29, 0.717) is 6.04 Å². The lowest BCUT2D eigenvalue weighted by Gasteiger charge is -2.34. The summed E-state index contributed by atoms with van der Waals surface area (Å²) in [6.45, 7) is 4.21. The monoisotopic (exact) mass is 422 g/mol. The molecule has 1 aromatic heterocycles. The Hall–Kier alpha value is -1.56. The van der Waals surface area contributed by atoms with Gasteiger partial charge in [0.05, 0.1) is 6.04 Å². The SMILES string of the molecule is Cl.Cl.c1ccc(Oc2cccc([C@@H](c3cccs3)N3CCNCC3)c2)cc1. The van der Waals surface area contributed by atoms with Gasteiger partial charge in [-0.3, -0.25) is 4.90 Å². The Morgan fingerprint density at radius 3 is 2.30 bits per heavy atom. The van der Waals surface area contributed by atoms with E-state index in [1.807, 2.05) is 47.7 Å². The third kappa shape index (κ3) is 5.47. The topological polar surface area (TPSA) is 24.5 Å². The standard InChI is InChI=1S/C21H22N2OS.2ClH/c1-2-7-18(8-3-1)24-19-9-4-6-17(16-19)21(20-10-5-15-25-20)23-13-11-22-12-14-23;;/h1-10,15-16,21-22H,11-14H2;2*1H/t21-;;/m0../s1. The first kappa shape index (κ1) is 21.7. The molecular formula is C21H24Cl2N2OS. The molecule has 1 N–H and O–H groups in total. The molecule has 1 aliphatic heterocycles. The van der Waals surface area contributed by atoms with Crippen LogP contribution in [0.3, 0.4) is 0 Å². The first-order valence-electron chi connectivity index (χ1n) is 8.71. The molecule has 3 nitrogen and oxygen atoms in total. The number of rotatable bonds is 5. The van der Waals surface area contributed by atoms with Gasteiger partial charge in [0.25, 0.3) is 0 Å². The largest absolute Gasteiger partial charge is 0.457 e. The summed E-state index contributed by atoms with van der Waals surface area (Å²) in [6, 6.07) is 23.1. The fraction of sp³-hybridized carbons (Fsp3) is 0.238. The van der Waals surface area contributed by atoms with Gasteiger partial charge in [-0.2, -0.15) is 0 Å². The summed E-state index contributed by atoms with van der Waals surface area (Å²) in [5.74, 6) is 1.76. The second-order valence-corrected chi connectivity index (χ2v) is 7.17. The summed E-state index contributed by atoms with van der Waals surface area (Å²) >= 11 is 1.83. The Morgan fingerprint density at radius 1 is 0.852 bits per heavy atom. The Labute approximate surface area is 177 Å². The molecule has 2 heterocycles. The van der Waals surface area contributed by atoms with Crippen LogP contribution in [-0.4, -0.2) is 31.1 Å². The zero-order valence-electron chi connectivity index (χ0n) is 14.9. The minimum absolute atomic E-state index is 0. The summed E-state index contributed by atoms with van der Waals surface area (Å²) in [7, 11) is 0. The third-order valence-corrected chi connectivity index (χ3v) is 5.41. The van der Waals surface area contributed by atoms with Gasteiger partial charge in [0.1, 0.15) is 11.5 Å². The molecule has 144 valence electrons. The van der Waals surface area contributed by atoms with Crippen molar-refractivity contribution in [3.63, 3.8) is 0 Å². The van der Waals surface area contributed by atoms with E-state index in [0.717, 1.165) is 37.7 Å².